The molecule has 2 heterocycles. The molecule has 23 heavy (non-hydrogen) atoms. The van der Waals surface area contributed by atoms with Crippen molar-refractivity contribution in [2.75, 3.05) is 11.4 Å². The van der Waals surface area contributed by atoms with Crippen molar-refractivity contribution in [2.45, 2.75) is 62.3 Å². The van der Waals surface area contributed by atoms with Gasteiger partial charge in [-0.3, -0.25) is 4.79 Å². The average Bonchev–Trinajstić information content (AvgIpc) is 2.86. The monoisotopic (exact) mass is 334 g/mol. The second-order valence-corrected chi connectivity index (χ2v) is 8.59. The molecular formula is C17H22N2O3S. The second kappa shape index (κ2) is 5.60. The number of carbonyl (C=O) groups is 1. The molecule has 4 rings (SSSR count). The third-order valence-electron chi connectivity index (χ3n) is 5.22. The molecule has 0 saturated heterocycles. The topological polar surface area (TPSA) is 66.5 Å². The Labute approximate surface area is 137 Å². The predicted molar refractivity (Wildman–Crippen MR) is 88.0 cm³/mol. The zero-order valence-electron chi connectivity index (χ0n) is 13.2. The van der Waals surface area contributed by atoms with Crippen molar-refractivity contribution in [2.24, 2.45) is 0 Å². The Bertz CT molecular complexity index is 751. The van der Waals surface area contributed by atoms with Crippen molar-refractivity contribution in [1.82, 2.24) is 4.72 Å². The minimum atomic E-state index is -3.50. The van der Waals surface area contributed by atoms with Gasteiger partial charge in [-0.05, 0) is 48.9 Å². The summed E-state index contributed by atoms with van der Waals surface area (Å²) < 4.78 is 28.3. The Morgan fingerprint density at radius 2 is 1.78 bits per heavy atom. The Morgan fingerprint density at radius 3 is 2.57 bits per heavy atom. The lowest BCUT2D eigenvalue weighted by atomic mass is 9.96. The van der Waals surface area contributed by atoms with Crippen LogP contribution >= 0.6 is 0 Å². The fourth-order valence-corrected chi connectivity index (χ4v) is 5.52. The number of hydrogen-bond donors (Lipinski definition) is 1. The number of rotatable bonds is 3. The van der Waals surface area contributed by atoms with E-state index in [0.29, 0.717) is 11.3 Å². The highest BCUT2D eigenvalue weighted by molar-refractivity contribution is 7.89. The van der Waals surface area contributed by atoms with Gasteiger partial charge in [0, 0.05) is 12.6 Å². The second-order valence-electron chi connectivity index (χ2n) is 6.87. The maximum absolute atomic E-state index is 12.7. The molecule has 1 aliphatic carbocycles. The van der Waals surface area contributed by atoms with E-state index in [2.05, 4.69) is 4.72 Å². The summed E-state index contributed by atoms with van der Waals surface area (Å²) in [7, 11) is -3.50. The number of benzene rings is 1. The smallest absolute Gasteiger partial charge is 0.240 e. The minimum Gasteiger partial charge on any atom is -0.312 e. The summed E-state index contributed by atoms with van der Waals surface area (Å²) in [6.45, 7) is 0.755. The number of nitrogens with zero attached hydrogens (tertiary/aromatic N) is 1. The van der Waals surface area contributed by atoms with Crippen LogP contribution in [0.4, 0.5) is 5.69 Å². The van der Waals surface area contributed by atoms with Crippen molar-refractivity contribution >= 4 is 21.6 Å². The number of amides is 1. The van der Waals surface area contributed by atoms with E-state index >= 15 is 0 Å². The summed E-state index contributed by atoms with van der Waals surface area (Å²) in [5, 5.41) is 0. The summed E-state index contributed by atoms with van der Waals surface area (Å²) in [5.74, 6) is 0.0933. The highest BCUT2D eigenvalue weighted by Crippen LogP contribution is 2.38. The molecule has 0 radical (unpaired) electrons. The number of hydrogen-bond acceptors (Lipinski definition) is 3. The molecule has 0 spiro atoms. The van der Waals surface area contributed by atoms with E-state index in [1.807, 2.05) is 4.90 Å². The number of aryl methyl sites for hydroxylation is 1. The minimum absolute atomic E-state index is 0.0523. The molecule has 6 heteroatoms. The van der Waals surface area contributed by atoms with E-state index in [4.69, 9.17) is 0 Å². The van der Waals surface area contributed by atoms with Crippen molar-refractivity contribution in [3.8, 4) is 0 Å². The van der Waals surface area contributed by atoms with E-state index in [1.165, 1.54) is 6.42 Å². The Balaban J connectivity index is 1.67. The summed E-state index contributed by atoms with van der Waals surface area (Å²) in [6.07, 6.45) is 7.29. The van der Waals surface area contributed by atoms with Gasteiger partial charge >= 0.3 is 0 Å². The van der Waals surface area contributed by atoms with Crippen molar-refractivity contribution in [3.63, 3.8) is 0 Å². The Kier molecular flexibility index (Phi) is 3.69. The molecule has 1 N–H and O–H groups in total. The Hall–Kier alpha value is -1.40. The quantitative estimate of drug-likeness (QED) is 0.921. The maximum Gasteiger partial charge on any atom is 0.240 e. The molecule has 5 nitrogen and oxygen atoms in total. The van der Waals surface area contributed by atoms with Crippen LogP contribution in [0, 0.1) is 0 Å². The number of anilines is 1. The van der Waals surface area contributed by atoms with E-state index in [-0.39, 0.29) is 11.9 Å². The van der Waals surface area contributed by atoms with Gasteiger partial charge < -0.3 is 4.90 Å². The molecule has 0 unspecified atom stereocenters. The van der Waals surface area contributed by atoms with Gasteiger partial charge in [0.05, 0.1) is 17.0 Å². The van der Waals surface area contributed by atoms with Crippen molar-refractivity contribution < 1.29 is 13.2 Å². The standard InChI is InChI=1S/C17H22N2O3S/c20-16-11-13-10-15(9-12-5-4-8-19(16)17(12)13)23(21,22)18-14-6-2-1-3-7-14/h9-10,14,18H,1-8,11H2. The molecule has 1 aromatic carbocycles. The number of carbonyl (C=O) groups excluding carboxylic acids is 1. The molecular weight excluding hydrogens is 312 g/mol. The van der Waals surface area contributed by atoms with E-state index in [9.17, 15) is 13.2 Å². The first-order valence-electron chi connectivity index (χ1n) is 8.53. The zero-order chi connectivity index (χ0) is 16.0. The van der Waals surface area contributed by atoms with Crippen LogP contribution in [0.3, 0.4) is 0 Å². The first-order chi connectivity index (χ1) is 11.0. The van der Waals surface area contributed by atoms with Gasteiger partial charge in [0.1, 0.15) is 0 Å². The molecule has 1 fully saturated rings. The molecule has 2 aliphatic heterocycles. The number of nitrogens with one attached hydrogen (secondary N) is 1. The summed E-state index contributed by atoms with van der Waals surface area (Å²) in [4.78, 5) is 14.2. The maximum atomic E-state index is 12.7. The SMILES string of the molecule is O=C1Cc2cc(S(=O)(=O)NC3CCCCC3)cc3c2N1CCC3. The predicted octanol–water partition coefficient (Wildman–Crippen LogP) is 2.13. The molecule has 0 atom stereocenters. The van der Waals surface area contributed by atoms with Gasteiger partial charge in [-0.2, -0.15) is 0 Å². The van der Waals surface area contributed by atoms with Crippen LogP contribution in [-0.2, 0) is 27.7 Å². The van der Waals surface area contributed by atoms with Gasteiger partial charge in [-0.15, -0.1) is 0 Å². The summed E-state index contributed by atoms with van der Waals surface area (Å²) >= 11 is 0. The first kappa shape index (κ1) is 15.1. The third-order valence-corrected chi connectivity index (χ3v) is 6.72. The molecule has 1 aromatic rings. The van der Waals surface area contributed by atoms with Crippen LogP contribution in [0.15, 0.2) is 17.0 Å². The molecule has 3 aliphatic rings. The van der Waals surface area contributed by atoms with Gasteiger partial charge in [0.15, 0.2) is 0 Å². The van der Waals surface area contributed by atoms with Crippen LogP contribution < -0.4 is 9.62 Å². The van der Waals surface area contributed by atoms with Crippen LogP contribution in [0.1, 0.15) is 49.7 Å². The van der Waals surface area contributed by atoms with E-state index < -0.39 is 10.0 Å². The molecule has 1 saturated carbocycles. The molecule has 1 amide bonds. The Morgan fingerprint density at radius 1 is 1.04 bits per heavy atom. The van der Waals surface area contributed by atoms with Gasteiger partial charge in [-0.1, -0.05) is 19.3 Å². The lowest BCUT2D eigenvalue weighted by Crippen LogP contribution is -2.36. The van der Waals surface area contributed by atoms with Crippen molar-refractivity contribution in [1.29, 1.82) is 0 Å². The first-order valence-corrected chi connectivity index (χ1v) is 10.0. The normalized spacial score (nSPS) is 21.6. The van der Waals surface area contributed by atoms with Crippen LogP contribution in [0.25, 0.3) is 0 Å². The molecule has 124 valence electrons. The van der Waals surface area contributed by atoms with Gasteiger partial charge in [0.2, 0.25) is 15.9 Å². The fourth-order valence-electron chi connectivity index (χ4n) is 4.11. The van der Waals surface area contributed by atoms with Crippen LogP contribution in [-0.4, -0.2) is 26.9 Å². The summed E-state index contributed by atoms with van der Waals surface area (Å²) in [6, 6.07) is 3.53. The van der Waals surface area contributed by atoms with Gasteiger partial charge in [0.25, 0.3) is 0 Å². The lowest BCUT2D eigenvalue weighted by Gasteiger charge is -2.26. The fraction of sp³-hybridized carbons (Fsp3) is 0.588. The lowest BCUT2D eigenvalue weighted by molar-refractivity contribution is -0.117. The van der Waals surface area contributed by atoms with E-state index in [0.717, 1.165) is 61.9 Å². The summed E-state index contributed by atoms with van der Waals surface area (Å²) in [5.41, 5.74) is 2.85. The number of sulfonamides is 1. The highest BCUT2D eigenvalue weighted by Gasteiger charge is 2.34. The van der Waals surface area contributed by atoms with E-state index in [1.54, 1.807) is 12.1 Å². The third kappa shape index (κ3) is 2.68. The molecule has 0 bridgehead atoms. The molecule has 0 aromatic heterocycles. The van der Waals surface area contributed by atoms with Gasteiger partial charge in [-0.25, -0.2) is 13.1 Å². The zero-order valence-corrected chi connectivity index (χ0v) is 14.0. The average molecular weight is 334 g/mol. The highest BCUT2D eigenvalue weighted by atomic mass is 32.2. The largest absolute Gasteiger partial charge is 0.312 e. The van der Waals surface area contributed by atoms with Crippen molar-refractivity contribution in [3.05, 3.63) is 23.3 Å². The van der Waals surface area contributed by atoms with Crippen LogP contribution in [0.2, 0.25) is 0 Å². The van der Waals surface area contributed by atoms with Crippen LogP contribution in [0.5, 0.6) is 0 Å².